The van der Waals surface area contributed by atoms with Gasteiger partial charge in [-0.1, -0.05) is 18.2 Å². The number of nitrogens with one attached hydrogen (secondary N) is 1. The molecule has 1 aliphatic rings. The normalized spacial score (nSPS) is 16.7. The smallest absolute Gasteiger partial charge is 0.266 e. The second-order valence-electron chi connectivity index (χ2n) is 8.25. The number of aromatic nitrogens is 3. The van der Waals surface area contributed by atoms with Gasteiger partial charge in [0.2, 0.25) is 0 Å². The molecule has 0 unspecified atom stereocenters. The summed E-state index contributed by atoms with van der Waals surface area (Å²) in [7, 11) is 2.12. The Kier molecular flexibility index (Phi) is 6.09. The van der Waals surface area contributed by atoms with Gasteiger partial charge >= 0.3 is 0 Å². The minimum absolute atomic E-state index is 0.172. The highest BCUT2D eigenvalue weighted by atomic mass is 19.3. The Hall–Kier alpha value is -2.74. The fourth-order valence-corrected chi connectivity index (χ4v) is 4.23. The third-order valence-electron chi connectivity index (χ3n) is 6.07. The zero-order valence-corrected chi connectivity index (χ0v) is 17.9. The Morgan fingerprint density at radius 1 is 1.13 bits per heavy atom. The van der Waals surface area contributed by atoms with Crippen molar-refractivity contribution < 1.29 is 13.2 Å². The Labute approximate surface area is 179 Å². The van der Waals surface area contributed by atoms with E-state index in [9.17, 15) is 13.2 Å². The number of anilines is 1. The van der Waals surface area contributed by atoms with E-state index in [1.165, 1.54) is 18.5 Å². The van der Waals surface area contributed by atoms with Gasteiger partial charge < -0.3 is 10.2 Å². The summed E-state index contributed by atoms with van der Waals surface area (Å²) in [5.41, 5.74) is 2.13. The van der Waals surface area contributed by atoms with E-state index in [2.05, 4.69) is 27.2 Å². The number of alkyl halides is 2. The maximum absolute atomic E-state index is 14.6. The van der Waals surface area contributed by atoms with E-state index in [4.69, 9.17) is 4.98 Å². The highest BCUT2D eigenvalue weighted by Crippen LogP contribution is 2.33. The van der Waals surface area contributed by atoms with Gasteiger partial charge in [0, 0.05) is 22.6 Å². The fraction of sp³-hybridized carbons (Fsp3) is 0.435. The largest absolute Gasteiger partial charge is 0.363 e. The van der Waals surface area contributed by atoms with E-state index in [0.717, 1.165) is 54.3 Å². The summed E-state index contributed by atoms with van der Waals surface area (Å²) in [6.45, 7) is 5.70. The molecule has 1 saturated heterocycles. The predicted molar refractivity (Wildman–Crippen MR) is 115 cm³/mol. The number of nitrogens with zero attached hydrogens (tertiary/aromatic N) is 4. The lowest BCUT2D eigenvalue weighted by atomic mass is 9.92. The Morgan fingerprint density at radius 2 is 1.84 bits per heavy atom. The molecule has 1 aliphatic heterocycles. The maximum atomic E-state index is 14.6. The molecule has 8 heteroatoms. The molecule has 3 aromatic rings. The van der Waals surface area contributed by atoms with Gasteiger partial charge in [-0.25, -0.2) is 23.1 Å². The van der Waals surface area contributed by atoms with Gasteiger partial charge in [-0.05, 0) is 52.9 Å². The first-order valence-electron chi connectivity index (χ1n) is 10.5. The van der Waals surface area contributed by atoms with Crippen molar-refractivity contribution in [3.8, 4) is 0 Å². The second kappa shape index (κ2) is 8.78. The van der Waals surface area contributed by atoms with Crippen LogP contribution in [0.25, 0.3) is 10.9 Å². The van der Waals surface area contributed by atoms with E-state index in [0.29, 0.717) is 11.7 Å². The number of rotatable bonds is 5. The first-order valence-corrected chi connectivity index (χ1v) is 10.5. The minimum Gasteiger partial charge on any atom is -0.363 e. The van der Waals surface area contributed by atoms with Crippen molar-refractivity contribution in [1.29, 1.82) is 0 Å². The van der Waals surface area contributed by atoms with E-state index in [-0.39, 0.29) is 5.56 Å². The van der Waals surface area contributed by atoms with Crippen molar-refractivity contribution in [2.75, 3.05) is 25.5 Å². The number of benzene rings is 1. The number of hydrogen-bond acceptors (Lipinski definition) is 5. The molecule has 2 aromatic heterocycles. The summed E-state index contributed by atoms with van der Waals surface area (Å²) in [6.07, 6.45) is 0.644. The lowest BCUT2D eigenvalue weighted by molar-refractivity contribution is 0.146. The van der Waals surface area contributed by atoms with Crippen LogP contribution in [0, 0.1) is 12.7 Å². The topological polar surface area (TPSA) is 53.9 Å². The first kappa shape index (κ1) is 21.5. The van der Waals surface area contributed by atoms with E-state index >= 15 is 0 Å². The monoisotopic (exact) mass is 429 g/mol. The van der Waals surface area contributed by atoms with Crippen molar-refractivity contribution in [3.63, 3.8) is 0 Å². The fourth-order valence-electron chi connectivity index (χ4n) is 4.23. The molecule has 3 heterocycles. The summed E-state index contributed by atoms with van der Waals surface area (Å²) >= 11 is 0. The number of hydrogen-bond donors (Lipinski definition) is 1. The van der Waals surface area contributed by atoms with Crippen LogP contribution in [0.1, 0.15) is 60.7 Å². The quantitative estimate of drug-likeness (QED) is 0.589. The third-order valence-corrected chi connectivity index (χ3v) is 6.07. The predicted octanol–water partition coefficient (Wildman–Crippen LogP) is 5.39. The van der Waals surface area contributed by atoms with Crippen LogP contribution in [0.5, 0.6) is 0 Å². The Bertz CT molecular complexity index is 1080. The van der Waals surface area contributed by atoms with Gasteiger partial charge in [0.15, 0.2) is 0 Å². The Balaban J connectivity index is 1.69. The van der Waals surface area contributed by atoms with Gasteiger partial charge in [-0.15, -0.1) is 0 Å². The summed E-state index contributed by atoms with van der Waals surface area (Å²) < 4.78 is 40.8. The average Bonchev–Trinajstić information content (AvgIpc) is 2.74. The standard InChI is InChI=1S/C23H26F3N5/c1-13(16-5-4-6-17(20(16)24)22(25)26)30-23-18-11-19(15-7-9-31(3)10-8-15)29-14(2)21(18)27-12-28-23/h4-6,11-13,15,22H,7-10H2,1-3H3,(H,27,28,30)/t13-/m1/s1. The lowest BCUT2D eigenvalue weighted by Crippen LogP contribution is -2.29. The minimum atomic E-state index is -2.86. The molecule has 1 atom stereocenters. The molecule has 0 saturated carbocycles. The zero-order valence-electron chi connectivity index (χ0n) is 17.9. The Morgan fingerprint density at radius 3 is 2.55 bits per heavy atom. The van der Waals surface area contributed by atoms with E-state index in [1.807, 2.05) is 13.0 Å². The first-order chi connectivity index (χ1) is 14.8. The van der Waals surface area contributed by atoms with Crippen LogP contribution in [0.3, 0.4) is 0 Å². The van der Waals surface area contributed by atoms with Crippen LogP contribution in [0.2, 0.25) is 0 Å². The summed E-state index contributed by atoms with van der Waals surface area (Å²) in [5, 5.41) is 4.01. The molecule has 31 heavy (non-hydrogen) atoms. The summed E-state index contributed by atoms with van der Waals surface area (Å²) in [6, 6.07) is 5.53. The molecule has 0 aliphatic carbocycles. The molecule has 0 radical (unpaired) electrons. The van der Waals surface area contributed by atoms with Crippen LogP contribution in [-0.4, -0.2) is 40.0 Å². The molecule has 4 rings (SSSR count). The number of likely N-dealkylation sites (tertiary alicyclic amines) is 1. The highest BCUT2D eigenvalue weighted by Gasteiger charge is 2.23. The van der Waals surface area contributed by atoms with Gasteiger partial charge in [0.25, 0.3) is 6.43 Å². The number of halogens is 3. The SMILES string of the molecule is Cc1nc(C2CCN(C)CC2)cc2c(N[C@H](C)c3cccc(C(F)F)c3F)ncnc12. The molecular weight excluding hydrogens is 403 g/mol. The number of pyridine rings is 1. The van der Waals surface area contributed by atoms with Crippen LogP contribution < -0.4 is 5.32 Å². The van der Waals surface area contributed by atoms with Crippen molar-refractivity contribution in [1.82, 2.24) is 19.9 Å². The maximum Gasteiger partial charge on any atom is 0.266 e. The molecule has 1 N–H and O–H groups in total. The van der Waals surface area contributed by atoms with Crippen LogP contribution in [0.4, 0.5) is 19.0 Å². The average molecular weight is 429 g/mol. The summed E-state index contributed by atoms with van der Waals surface area (Å²) in [4.78, 5) is 15.9. The van der Waals surface area contributed by atoms with Crippen molar-refractivity contribution >= 4 is 16.7 Å². The van der Waals surface area contributed by atoms with Crippen molar-refractivity contribution in [2.45, 2.75) is 45.1 Å². The molecule has 0 amide bonds. The number of piperidine rings is 1. The van der Waals surface area contributed by atoms with Crippen molar-refractivity contribution in [3.05, 3.63) is 58.9 Å². The molecule has 1 aromatic carbocycles. The molecule has 0 bridgehead atoms. The third kappa shape index (κ3) is 4.35. The van der Waals surface area contributed by atoms with Crippen LogP contribution in [-0.2, 0) is 0 Å². The van der Waals surface area contributed by atoms with Crippen LogP contribution >= 0.6 is 0 Å². The van der Waals surface area contributed by atoms with Crippen molar-refractivity contribution in [2.24, 2.45) is 0 Å². The molecule has 1 fully saturated rings. The van der Waals surface area contributed by atoms with E-state index in [1.54, 1.807) is 6.92 Å². The molecular formula is C23H26F3N5. The lowest BCUT2D eigenvalue weighted by Gasteiger charge is -2.29. The zero-order chi connectivity index (χ0) is 22.1. The van der Waals surface area contributed by atoms with Gasteiger partial charge in [-0.2, -0.15) is 0 Å². The highest BCUT2D eigenvalue weighted by molar-refractivity contribution is 5.90. The number of aryl methyl sites for hydroxylation is 1. The molecule has 5 nitrogen and oxygen atoms in total. The van der Waals surface area contributed by atoms with E-state index < -0.39 is 23.8 Å². The van der Waals surface area contributed by atoms with Gasteiger partial charge in [0.1, 0.15) is 18.0 Å². The summed E-state index contributed by atoms with van der Waals surface area (Å²) in [5.74, 6) is 0.0182. The molecule has 164 valence electrons. The van der Waals surface area contributed by atoms with Gasteiger partial charge in [-0.3, -0.25) is 4.98 Å². The second-order valence-corrected chi connectivity index (χ2v) is 8.25. The molecule has 0 spiro atoms. The van der Waals surface area contributed by atoms with Gasteiger partial charge in [0.05, 0.1) is 22.8 Å². The van der Waals surface area contributed by atoms with Crippen LogP contribution in [0.15, 0.2) is 30.6 Å². The number of fused-ring (bicyclic) bond motifs is 1.